The van der Waals surface area contributed by atoms with Crippen LogP contribution in [0.2, 0.25) is 0 Å². The zero-order valence-electron chi connectivity index (χ0n) is 9.58. The Bertz CT molecular complexity index is 219. The Labute approximate surface area is 86.7 Å². The van der Waals surface area contributed by atoms with E-state index in [0.717, 1.165) is 19.3 Å². The van der Waals surface area contributed by atoms with Crippen molar-refractivity contribution in [2.45, 2.75) is 33.1 Å². The molecule has 0 aliphatic carbocycles. The molecule has 0 aliphatic heterocycles. The quantitative estimate of drug-likeness (QED) is 0.619. The minimum Gasteiger partial charge on any atom is -0.321 e. The number of Topliss-reactive ketones (excluding diaryl/α,β-unsaturated/α-hetero) is 1. The summed E-state index contributed by atoms with van der Waals surface area (Å²) in [5.41, 5.74) is 0. The van der Waals surface area contributed by atoms with Crippen LogP contribution >= 0.6 is 7.37 Å². The Hall–Kier alpha value is -0.140. The standard InChI is InChI=1S/C10H21O3P/c1-5-6-7-9(2)10(11)8-13-14(3,4)12/h9H,5-8H2,1-4H3/t9-/m0/s1. The lowest BCUT2D eigenvalue weighted by molar-refractivity contribution is -0.124. The van der Waals surface area contributed by atoms with Crippen molar-refractivity contribution in [2.75, 3.05) is 19.9 Å². The normalized spacial score (nSPS) is 14.0. The molecule has 0 saturated heterocycles. The van der Waals surface area contributed by atoms with Crippen molar-refractivity contribution in [3.63, 3.8) is 0 Å². The Morgan fingerprint density at radius 1 is 1.43 bits per heavy atom. The van der Waals surface area contributed by atoms with E-state index in [1.165, 1.54) is 13.3 Å². The Balaban J connectivity index is 3.79. The van der Waals surface area contributed by atoms with Gasteiger partial charge in [0.25, 0.3) is 0 Å². The summed E-state index contributed by atoms with van der Waals surface area (Å²) < 4.78 is 16.2. The molecular formula is C10H21O3P. The van der Waals surface area contributed by atoms with Gasteiger partial charge >= 0.3 is 0 Å². The highest BCUT2D eigenvalue weighted by molar-refractivity contribution is 7.57. The molecule has 0 aromatic rings. The third kappa shape index (κ3) is 7.28. The second-order valence-electron chi connectivity index (χ2n) is 4.04. The lowest BCUT2D eigenvalue weighted by atomic mass is 10.0. The maximum Gasteiger partial charge on any atom is 0.197 e. The zero-order chi connectivity index (χ0) is 11.2. The molecule has 0 aliphatic rings. The van der Waals surface area contributed by atoms with Crippen LogP contribution in [0.3, 0.4) is 0 Å². The summed E-state index contributed by atoms with van der Waals surface area (Å²) in [5, 5.41) is 0. The van der Waals surface area contributed by atoms with E-state index in [9.17, 15) is 9.36 Å². The van der Waals surface area contributed by atoms with E-state index < -0.39 is 7.37 Å². The van der Waals surface area contributed by atoms with Crippen LogP contribution in [-0.4, -0.2) is 25.7 Å². The predicted molar refractivity (Wildman–Crippen MR) is 59.1 cm³/mol. The molecule has 0 heterocycles. The first-order valence-corrected chi connectivity index (χ1v) is 7.61. The highest BCUT2D eigenvalue weighted by Gasteiger charge is 2.15. The zero-order valence-corrected chi connectivity index (χ0v) is 10.5. The fourth-order valence-electron chi connectivity index (χ4n) is 1.03. The van der Waals surface area contributed by atoms with E-state index in [0.29, 0.717) is 0 Å². The van der Waals surface area contributed by atoms with Crippen molar-refractivity contribution in [3.05, 3.63) is 0 Å². The molecule has 14 heavy (non-hydrogen) atoms. The van der Waals surface area contributed by atoms with Crippen molar-refractivity contribution in [3.8, 4) is 0 Å². The summed E-state index contributed by atoms with van der Waals surface area (Å²) in [4.78, 5) is 11.4. The second-order valence-corrected chi connectivity index (χ2v) is 6.80. The fourth-order valence-corrected chi connectivity index (χ4v) is 1.47. The molecule has 0 radical (unpaired) electrons. The summed E-state index contributed by atoms with van der Waals surface area (Å²) in [6.45, 7) is 7.04. The SMILES string of the molecule is CCCC[C@H](C)C(=O)COP(C)(C)=O. The van der Waals surface area contributed by atoms with Crippen molar-refractivity contribution >= 4 is 13.2 Å². The molecule has 0 unspecified atom stereocenters. The highest BCUT2D eigenvalue weighted by atomic mass is 31.2. The lowest BCUT2D eigenvalue weighted by Crippen LogP contribution is -2.16. The maximum absolute atomic E-state index is 11.4. The third-order valence-electron chi connectivity index (χ3n) is 2.06. The summed E-state index contributed by atoms with van der Waals surface area (Å²) in [6.07, 6.45) is 3.05. The van der Waals surface area contributed by atoms with Crippen molar-refractivity contribution in [2.24, 2.45) is 5.92 Å². The average molecular weight is 220 g/mol. The van der Waals surface area contributed by atoms with Gasteiger partial charge in [0.15, 0.2) is 13.2 Å². The number of unbranched alkanes of at least 4 members (excludes halogenated alkanes) is 1. The Morgan fingerprint density at radius 3 is 2.43 bits per heavy atom. The van der Waals surface area contributed by atoms with Gasteiger partial charge in [0, 0.05) is 19.2 Å². The van der Waals surface area contributed by atoms with Crippen LogP contribution in [0.15, 0.2) is 0 Å². The van der Waals surface area contributed by atoms with Gasteiger partial charge in [-0.1, -0.05) is 26.7 Å². The van der Waals surface area contributed by atoms with Crippen LogP contribution in [0.1, 0.15) is 33.1 Å². The van der Waals surface area contributed by atoms with E-state index in [-0.39, 0.29) is 18.3 Å². The number of carbonyl (C=O) groups is 1. The van der Waals surface area contributed by atoms with Crippen LogP contribution in [0.5, 0.6) is 0 Å². The van der Waals surface area contributed by atoms with Crippen molar-refractivity contribution < 1.29 is 13.9 Å². The summed E-state index contributed by atoms with van der Waals surface area (Å²) in [5.74, 6) is 0.0869. The molecule has 4 heteroatoms. The molecule has 0 aromatic carbocycles. The Kier molecular flexibility index (Phi) is 6.30. The van der Waals surface area contributed by atoms with Crippen LogP contribution in [0, 0.1) is 5.92 Å². The smallest absolute Gasteiger partial charge is 0.197 e. The van der Waals surface area contributed by atoms with Gasteiger partial charge < -0.3 is 4.52 Å². The van der Waals surface area contributed by atoms with Gasteiger partial charge in [0.05, 0.1) is 0 Å². The molecule has 0 rings (SSSR count). The number of hydrogen-bond donors (Lipinski definition) is 0. The molecule has 1 atom stereocenters. The molecule has 0 spiro atoms. The molecule has 84 valence electrons. The van der Waals surface area contributed by atoms with E-state index in [4.69, 9.17) is 4.52 Å². The monoisotopic (exact) mass is 220 g/mol. The average Bonchev–Trinajstić information content (AvgIpc) is 2.09. The molecule has 0 fully saturated rings. The van der Waals surface area contributed by atoms with E-state index in [1.807, 2.05) is 6.92 Å². The first-order valence-electron chi connectivity index (χ1n) is 5.09. The van der Waals surface area contributed by atoms with Gasteiger partial charge in [-0.05, 0) is 6.42 Å². The summed E-state index contributed by atoms with van der Waals surface area (Å²) >= 11 is 0. The predicted octanol–water partition coefficient (Wildman–Crippen LogP) is 2.94. The van der Waals surface area contributed by atoms with Crippen LogP contribution < -0.4 is 0 Å². The largest absolute Gasteiger partial charge is 0.321 e. The molecule has 0 saturated carbocycles. The van der Waals surface area contributed by atoms with E-state index in [2.05, 4.69) is 6.92 Å². The topological polar surface area (TPSA) is 43.4 Å². The van der Waals surface area contributed by atoms with Gasteiger partial charge in [0.1, 0.15) is 6.61 Å². The van der Waals surface area contributed by atoms with Crippen molar-refractivity contribution in [1.82, 2.24) is 0 Å². The van der Waals surface area contributed by atoms with E-state index in [1.54, 1.807) is 0 Å². The van der Waals surface area contributed by atoms with Gasteiger partial charge in [-0.3, -0.25) is 9.36 Å². The van der Waals surface area contributed by atoms with Crippen molar-refractivity contribution in [1.29, 1.82) is 0 Å². The first kappa shape index (κ1) is 13.9. The van der Waals surface area contributed by atoms with Crippen LogP contribution in [0.4, 0.5) is 0 Å². The Morgan fingerprint density at radius 2 is 2.00 bits per heavy atom. The highest BCUT2D eigenvalue weighted by Crippen LogP contribution is 2.37. The lowest BCUT2D eigenvalue weighted by Gasteiger charge is -2.11. The molecule has 3 nitrogen and oxygen atoms in total. The fraction of sp³-hybridized carbons (Fsp3) is 0.900. The van der Waals surface area contributed by atoms with Gasteiger partial charge in [-0.25, -0.2) is 0 Å². The molecule has 0 amide bonds. The number of rotatable bonds is 7. The summed E-state index contributed by atoms with van der Waals surface area (Å²) in [6, 6.07) is 0. The van der Waals surface area contributed by atoms with Gasteiger partial charge in [-0.2, -0.15) is 0 Å². The van der Waals surface area contributed by atoms with Crippen LogP contribution in [0.25, 0.3) is 0 Å². The van der Waals surface area contributed by atoms with Gasteiger partial charge in [0.2, 0.25) is 0 Å². The molecule has 0 aromatic heterocycles. The van der Waals surface area contributed by atoms with Crippen LogP contribution in [-0.2, 0) is 13.9 Å². The number of carbonyl (C=O) groups excluding carboxylic acids is 1. The molecule has 0 bridgehead atoms. The second kappa shape index (κ2) is 6.36. The molecule has 0 N–H and O–H groups in total. The summed E-state index contributed by atoms with van der Waals surface area (Å²) in [7, 11) is -2.51. The maximum atomic E-state index is 11.4. The first-order chi connectivity index (χ1) is 6.37. The van der Waals surface area contributed by atoms with E-state index >= 15 is 0 Å². The number of ketones is 1. The van der Waals surface area contributed by atoms with Gasteiger partial charge in [-0.15, -0.1) is 0 Å². The minimum atomic E-state index is -2.51. The third-order valence-corrected chi connectivity index (χ3v) is 2.81. The minimum absolute atomic E-state index is 0.00480. The molecular weight excluding hydrogens is 199 g/mol. The number of hydrogen-bond acceptors (Lipinski definition) is 3.